The van der Waals surface area contributed by atoms with E-state index in [0.717, 1.165) is 21.5 Å². The number of para-hydroxylation sites is 1. The molecule has 2 aromatic carbocycles. The zero-order valence-electron chi connectivity index (χ0n) is 9.67. The topological polar surface area (TPSA) is 50.4 Å². The van der Waals surface area contributed by atoms with Gasteiger partial charge in [-0.2, -0.15) is 0 Å². The number of benzene rings is 2. The van der Waals surface area contributed by atoms with Crippen molar-refractivity contribution in [1.82, 2.24) is 0 Å². The van der Waals surface area contributed by atoms with Gasteiger partial charge in [-0.25, -0.2) is 4.20 Å². The molecule has 3 nitrogen and oxygen atoms in total. The summed E-state index contributed by atoms with van der Waals surface area (Å²) in [5, 5.41) is 11.7. The van der Waals surface area contributed by atoms with E-state index < -0.39 is 7.65 Å². The quantitative estimate of drug-likeness (QED) is 0.711. The van der Waals surface area contributed by atoms with Crippen LogP contribution in [0.2, 0.25) is 0 Å². The van der Waals surface area contributed by atoms with Crippen LogP contribution in [0.1, 0.15) is 5.56 Å². The number of fused-ring (bicyclic) bond motifs is 3. The average Bonchev–Trinajstić information content (AvgIpc) is 2.39. The van der Waals surface area contributed by atoms with Crippen molar-refractivity contribution < 1.29 is 13.9 Å². The van der Waals surface area contributed by atoms with Crippen LogP contribution >= 0.6 is 7.65 Å². The predicted molar refractivity (Wildman–Crippen MR) is 72.1 cm³/mol. The maximum Gasteiger partial charge on any atom is 0.598 e. The van der Waals surface area contributed by atoms with Gasteiger partial charge >= 0.3 is 7.65 Å². The van der Waals surface area contributed by atoms with Crippen molar-refractivity contribution in [3.8, 4) is 0 Å². The number of aliphatic hydroxyl groups is 1. The van der Waals surface area contributed by atoms with Crippen molar-refractivity contribution in [2.24, 2.45) is 0 Å². The molecule has 1 N–H and O–H groups in total. The predicted octanol–water partition coefficient (Wildman–Crippen LogP) is 3.86. The summed E-state index contributed by atoms with van der Waals surface area (Å²) in [4.78, 5) is 0. The lowest BCUT2D eigenvalue weighted by atomic mass is 10.1. The highest BCUT2D eigenvalue weighted by Gasteiger charge is 2.19. The molecule has 0 saturated heterocycles. The summed E-state index contributed by atoms with van der Waals surface area (Å²) in [7, 11) is -1.89. The fourth-order valence-corrected chi connectivity index (χ4v) is 3.49. The molecule has 0 radical (unpaired) electrons. The van der Waals surface area contributed by atoms with E-state index >= 15 is 0 Å². The lowest BCUT2D eigenvalue weighted by molar-refractivity contribution is 0.300. The van der Waals surface area contributed by atoms with E-state index in [1.807, 2.05) is 42.5 Å². The van der Waals surface area contributed by atoms with Crippen LogP contribution in [-0.4, -0.2) is 11.7 Å². The SMILES string of the molecule is O=[p+]1oc2ccccc2c2cccc(CCO)c21. The molecular weight excluding hydrogens is 247 g/mol. The Labute approximate surface area is 105 Å². The second-order valence-electron chi connectivity index (χ2n) is 4.13. The second-order valence-corrected chi connectivity index (χ2v) is 5.28. The summed E-state index contributed by atoms with van der Waals surface area (Å²) in [5.41, 5.74) is 1.55. The van der Waals surface area contributed by atoms with E-state index in [1.165, 1.54) is 0 Å². The molecular formula is C14H12O3P+. The van der Waals surface area contributed by atoms with Gasteiger partial charge in [0.25, 0.3) is 0 Å². The van der Waals surface area contributed by atoms with Gasteiger partial charge in [-0.3, -0.25) is 0 Å². The van der Waals surface area contributed by atoms with Gasteiger partial charge in [0.2, 0.25) is 5.12 Å². The van der Waals surface area contributed by atoms with Crippen molar-refractivity contribution in [2.75, 3.05) is 6.61 Å². The first kappa shape index (κ1) is 11.4. The standard InChI is InChI=1S/C14H12O3P/c15-9-8-10-4-3-6-12-11-5-1-2-7-13(11)17-18(16)14(10)12/h1-7,15H,8-9H2/q+1. The van der Waals surface area contributed by atoms with Crippen LogP contribution in [0.3, 0.4) is 0 Å². The van der Waals surface area contributed by atoms with Gasteiger partial charge in [0.15, 0.2) is 5.58 Å². The summed E-state index contributed by atoms with van der Waals surface area (Å²) in [6.45, 7) is 0.0429. The highest BCUT2D eigenvalue weighted by atomic mass is 31.1. The molecule has 0 amide bonds. The molecule has 0 saturated carbocycles. The molecule has 0 bridgehead atoms. The van der Waals surface area contributed by atoms with E-state index in [0.29, 0.717) is 12.0 Å². The molecule has 4 heteroatoms. The Kier molecular flexibility index (Phi) is 2.86. The molecule has 3 aromatic rings. The molecule has 0 aliphatic heterocycles. The highest BCUT2D eigenvalue weighted by molar-refractivity contribution is 7.37. The molecule has 0 fully saturated rings. The molecule has 90 valence electrons. The second kappa shape index (κ2) is 4.52. The third-order valence-electron chi connectivity index (χ3n) is 3.04. The Morgan fingerprint density at radius 1 is 1.06 bits per heavy atom. The van der Waals surface area contributed by atoms with Crippen molar-refractivity contribution in [2.45, 2.75) is 6.42 Å². The van der Waals surface area contributed by atoms with Crippen LogP contribution in [-0.2, 0) is 11.0 Å². The fraction of sp³-hybridized carbons (Fsp3) is 0.143. The number of rotatable bonds is 2. The van der Waals surface area contributed by atoms with Crippen LogP contribution in [0.25, 0.3) is 21.5 Å². The summed E-state index contributed by atoms with van der Waals surface area (Å²) < 4.78 is 17.7. The number of hydrogen-bond acceptors (Lipinski definition) is 3. The Morgan fingerprint density at radius 3 is 2.67 bits per heavy atom. The third kappa shape index (κ3) is 1.72. The van der Waals surface area contributed by atoms with Crippen LogP contribution in [0, 0.1) is 0 Å². The van der Waals surface area contributed by atoms with Crippen LogP contribution in [0.5, 0.6) is 0 Å². The molecule has 0 aliphatic carbocycles. The Morgan fingerprint density at radius 2 is 1.83 bits per heavy atom. The molecule has 3 rings (SSSR count). The van der Waals surface area contributed by atoms with Gasteiger partial charge in [0.05, 0.1) is 0 Å². The summed E-state index contributed by atoms with van der Waals surface area (Å²) >= 11 is 0. The lowest BCUT2D eigenvalue weighted by Crippen LogP contribution is -1.91. The molecule has 1 unspecified atom stereocenters. The van der Waals surface area contributed by atoms with E-state index in [-0.39, 0.29) is 6.61 Å². The molecule has 1 aromatic heterocycles. The van der Waals surface area contributed by atoms with E-state index in [2.05, 4.69) is 0 Å². The maximum absolute atomic E-state index is 12.2. The van der Waals surface area contributed by atoms with Gasteiger partial charge in [-0.1, -0.05) is 30.3 Å². The zero-order chi connectivity index (χ0) is 12.5. The smallest absolute Gasteiger partial charge is 0.396 e. The maximum atomic E-state index is 12.2. The van der Waals surface area contributed by atoms with Crippen molar-refractivity contribution >= 4 is 29.1 Å². The van der Waals surface area contributed by atoms with Crippen molar-refractivity contribution in [3.63, 3.8) is 0 Å². The van der Waals surface area contributed by atoms with Gasteiger partial charge in [-0.15, -0.1) is 0 Å². The average molecular weight is 259 g/mol. The molecule has 0 spiro atoms. The molecule has 18 heavy (non-hydrogen) atoms. The Bertz CT molecular complexity index is 777. The third-order valence-corrected chi connectivity index (χ3v) is 4.30. The monoisotopic (exact) mass is 259 g/mol. The lowest BCUT2D eigenvalue weighted by Gasteiger charge is -2.00. The first-order valence-electron chi connectivity index (χ1n) is 5.78. The van der Waals surface area contributed by atoms with Gasteiger partial charge in [-0.05, 0) is 16.7 Å². The van der Waals surface area contributed by atoms with Crippen molar-refractivity contribution in [1.29, 1.82) is 0 Å². The number of aliphatic hydroxyl groups excluding tert-OH is 1. The van der Waals surface area contributed by atoms with Crippen LogP contribution < -0.4 is 0 Å². The molecule has 1 heterocycles. The molecule has 1 atom stereocenters. The van der Waals surface area contributed by atoms with E-state index in [1.54, 1.807) is 0 Å². The zero-order valence-corrected chi connectivity index (χ0v) is 10.6. The fourth-order valence-electron chi connectivity index (χ4n) is 2.25. The van der Waals surface area contributed by atoms with Crippen LogP contribution in [0.4, 0.5) is 0 Å². The van der Waals surface area contributed by atoms with Gasteiger partial charge in [0.1, 0.15) is 0 Å². The van der Waals surface area contributed by atoms with Gasteiger partial charge < -0.3 is 5.11 Å². The Hall–Kier alpha value is -1.70. The minimum atomic E-state index is -1.89. The molecule has 0 aliphatic rings. The normalized spacial score (nSPS) is 12.2. The summed E-state index contributed by atoms with van der Waals surface area (Å²) in [6.07, 6.45) is 0.496. The first-order chi connectivity index (χ1) is 8.81. The van der Waals surface area contributed by atoms with E-state index in [4.69, 9.17) is 9.30 Å². The van der Waals surface area contributed by atoms with E-state index in [9.17, 15) is 4.57 Å². The van der Waals surface area contributed by atoms with Crippen LogP contribution in [0.15, 0.2) is 46.7 Å². The minimum Gasteiger partial charge on any atom is -0.396 e. The van der Waals surface area contributed by atoms with Crippen molar-refractivity contribution in [3.05, 3.63) is 48.0 Å². The number of hydrogen-bond donors (Lipinski definition) is 1. The largest absolute Gasteiger partial charge is 0.598 e. The minimum absolute atomic E-state index is 0.0429. The highest BCUT2D eigenvalue weighted by Crippen LogP contribution is 2.37. The first-order valence-corrected chi connectivity index (χ1v) is 6.96. The summed E-state index contributed by atoms with van der Waals surface area (Å²) in [5.74, 6) is 0. The Balaban J connectivity index is 2.51. The summed E-state index contributed by atoms with van der Waals surface area (Å²) in [6, 6.07) is 13.3. The van der Waals surface area contributed by atoms with Gasteiger partial charge in [0, 0.05) is 29.4 Å².